The molecule has 0 amide bonds. The molecule has 2 aromatic rings. The molecule has 94 valence electrons. The van der Waals surface area contributed by atoms with Crippen molar-refractivity contribution in [2.45, 2.75) is 31.8 Å². The van der Waals surface area contributed by atoms with E-state index in [1.807, 2.05) is 18.2 Å². The van der Waals surface area contributed by atoms with Crippen LogP contribution in [0, 0.1) is 0 Å². The van der Waals surface area contributed by atoms with Gasteiger partial charge in [-0.15, -0.1) is 0 Å². The number of carboxylic acids is 1. The highest BCUT2D eigenvalue weighted by Gasteiger charge is 2.36. The first-order chi connectivity index (χ1) is 8.56. The van der Waals surface area contributed by atoms with Gasteiger partial charge in [0.1, 0.15) is 5.58 Å². The van der Waals surface area contributed by atoms with Crippen molar-refractivity contribution in [3.05, 3.63) is 35.6 Å². The number of aromatic carboxylic acids is 1. The van der Waals surface area contributed by atoms with Crippen LogP contribution in [0.25, 0.3) is 11.0 Å². The van der Waals surface area contributed by atoms with Gasteiger partial charge in [-0.1, -0.05) is 6.07 Å². The predicted molar refractivity (Wildman–Crippen MR) is 67.7 cm³/mol. The molecule has 1 aromatic carbocycles. The summed E-state index contributed by atoms with van der Waals surface area (Å²) in [7, 11) is 0. The summed E-state index contributed by atoms with van der Waals surface area (Å²) < 4.78 is 5.22. The van der Waals surface area contributed by atoms with E-state index in [0.717, 1.165) is 17.5 Å². The highest BCUT2D eigenvalue weighted by atomic mass is 16.4. The third-order valence-electron chi connectivity index (χ3n) is 3.51. The Kier molecular flexibility index (Phi) is 2.41. The quantitative estimate of drug-likeness (QED) is 0.869. The van der Waals surface area contributed by atoms with Crippen LogP contribution in [0.1, 0.15) is 35.9 Å². The molecule has 0 radical (unpaired) electrons. The average molecular weight is 245 g/mol. The molecule has 0 spiro atoms. The fourth-order valence-corrected chi connectivity index (χ4v) is 1.99. The number of fused-ring (bicyclic) bond motifs is 1. The van der Waals surface area contributed by atoms with E-state index in [1.54, 1.807) is 6.07 Å². The normalized spacial score (nSPS) is 16.9. The highest BCUT2D eigenvalue weighted by Crippen LogP contribution is 2.34. The average Bonchev–Trinajstić information content (AvgIpc) is 2.92. The van der Waals surface area contributed by atoms with Crippen LogP contribution in [0.4, 0.5) is 0 Å². The monoisotopic (exact) mass is 245 g/mol. The minimum absolute atomic E-state index is 0.00994. The molecule has 0 saturated heterocycles. The second kappa shape index (κ2) is 3.85. The third-order valence-corrected chi connectivity index (χ3v) is 3.51. The minimum atomic E-state index is -1.03. The molecule has 1 aliphatic carbocycles. The first kappa shape index (κ1) is 11.3. The second-order valence-corrected chi connectivity index (χ2v) is 5.20. The molecule has 3 rings (SSSR count). The van der Waals surface area contributed by atoms with Crippen molar-refractivity contribution < 1.29 is 14.3 Å². The zero-order chi connectivity index (χ0) is 12.8. The van der Waals surface area contributed by atoms with Crippen LogP contribution in [-0.2, 0) is 6.54 Å². The number of hydrogen-bond donors (Lipinski definition) is 2. The van der Waals surface area contributed by atoms with Gasteiger partial charge in [0.15, 0.2) is 0 Å². The summed E-state index contributed by atoms with van der Waals surface area (Å²) in [6.07, 6.45) is 2.45. The fraction of sp³-hybridized carbons (Fsp3) is 0.357. The van der Waals surface area contributed by atoms with E-state index in [-0.39, 0.29) is 5.76 Å². The molecule has 1 aliphatic rings. The minimum Gasteiger partial charge on any atom is -0.475 e. The SMILES string of the molecule is CC1(NCc2ccc3oc(C(=O)O)cc3c2)CC1. The van der Waals surface area contributed by atoms with E-state index in [1.165, 1.54) is 12.8 Å². The Bertz CT molecular complexity index is 611. The van der Waals surface area contributed by atoms with Crippen molar-refractivity contribution in [2.75, 3.05) is 0 Å². The van der Waals surface area contributed by atoms with E-state index in [2.05, 4.69) is 12.2 Å². The Morgan fingerprint density at radius 2 is 2.22 bits per heavy atom. The number of carboxylic acid groups (broad SMARTS) is 1. The molecule has 18 heavy (non-hydrogen) atoms. The van der Waals surface area contributed by atoms with Crippen molar-refractivity contribution in [1.82, 2.24) is 5.32 Å². The number of hydrogen-bond acceptors (Lipinski definition) is 3. The van der Waals surface area contributed by atoms with Crippen molar-refractivity contribution in [1.29, 1.82) is 0 Å². The van der Waals surface area contributed by atoms with Gasteiger partial charge >= 0.3 is 5.97 Å². The summed E-state index contributed by atoms with van der Waals surface area (Å²) in [6.45, 7) is 3.02. The standard InChI is InChI=1S/C14H15NO3/c1-14(4-5-14)15-8-9-2-3-11-10(6-9)7-12(18-11)13(16)17/h2-3,6-7,15H,4-5,8H2,1H3,(H,16,17). The maximum atomic E-state index is 10.8. The van der Waals surface area contributed by atoms with E-state index < -0.39 is 5.97 Å². The lowest BCUT2D eigenvalue weighted by Crippen LogP contribution is -2.26. The van der Waals surface area contributed by atoms with Gasteiger partial charge in [0.25, 0.3) is 0 Å². The van der Waals surface area contributed by atoms with Crippen molar-refractivity contribution in [2.24, 2.45) is 0 Å². The summed E-state index contributed by atoms with van der Waals surface area (Å²) in [6, 6.07) is 7.34. The molecular weight excluding hydrogens is 230 g/mol. The maximum Gasteiger partial charge on any atom is 0.371 e. The van der Waals surface area contributed by atoms with Gasteiger partial charge in [-0.3, -0.25) is 0 Å². The molecule has 0 unspecified atom stereocenters. The van der Waals surface area contributed by atoms with Gasteiger partial charge in [-0.25, -0.2) is 4.79 Å². The van der Waals surface area contributed by atoms with E-state index in [9.17, 15) is 4.79 Å². The van der Waals surface area contributed by atoms with Crippen LogP contribution in [0.3, 0.4) is 0 Å². The molecule has 1 saturated carbocycles. The van der Waals surface area contributed by atoms with Crippen LogP contribution in [0.2, 0.25) is 0 Å². The Balaban J connectivity index is 1.83. The summed E-state index contributed by atoms with van der Waals surface area (Å²) in [5.74, 6) is -1.04. The lowest BCUT2D eigenvalue weighted by Gasteiger charge is -2.10. The van der Waals surface area contributed by atoms with E-state index >= 15 is 0 Å². The van der Waals surface area contributed by atoms with Crippen LogP contribution >= 0.6 is 0 Å². The Hall–Kier alpha value is -1.81. The Labute approximate surface area is 105 Å². The number of benzene rings is 1. The first-order valence-electron chi connectivity index (χ1n) is 6.07. The van der Waals surface area contributed by atoms with Crippen molar-refractivity contribution in [3.63, 3.8) is 0 Å². The Morgan fingerprint density at radius 3 is 2.89 bits per heavy atom. The third kappa shape index (κ3) is 2.11. The number of nitrogens with one attached hydrogen (secondary N) is 1. The smallest absolute Gasteiger partial charge is 0.371 e. The van der Waals surface area contributed by atoms with Gasteiger partial charge in [0, 0.05) is 17.5 Å². The predicted octanol–water partition coefficient (Wildman–Crippen LogP) is 2.77. The summed E-state index contributed by atoms with van der Waals surface area (Å²) >= 11 is 0. The van der Waals surface area contributed by atoms with Gasteiger partial charge in [0.2, 0.25) is 5.76 Å². The molecule has 4 nitrogen and oxygen atoms in total. The molecule has 1 aromatic heterocycles. The van der Waals surface area contributed by atoms with Gasteiger partial charge < -0.3 is 14.8 Å². The van der Waals surface area contributed by atoms with Crippen molar-refractivity contribution >= 4 is 16.9 Å². The van der Waals surface area contributed by atoms with Crippen molar-refractivity contribution in [3.8, 4) is 0 Å². The number of rotatable bonds is 4. The summed E-state index contributed by atoms with van der Waals surface area (Å²) in [5, 5.41) is 13.2. The van der Waals surface area contributed by atoms with Gasteiger partial charge in [-0.05, 0) is 43.5 Å². The van der Waals surface area contributed by atoms with E-state index in [4.69, 9.17) is 9.52 Å². The number of furan rings is 1. The summed E-state index contributed by atoms with van der Waals surface area (Å²) in [5.41, 5.74) is 2.07. The number of carbonyl (C=O) groups is 1. The molecule has 4 heteroatoms. The summed E-state index contributed by atoms with van der Waals surface area (Å²) in [4.78, 5) is 10.8. The van der Waals surface area contributed by atoms with Crippen LogP contribution in [0.15, 0.2) is 28.7 Å². The highest BCUT2D eigenvalue weighted by molar-refractivity contribution is 5.91. The second-order valence-electron chi connectivity index (χ2n) is 5.20. The van der Waals surface area contributed by atoms with Crippen LogP contribution in [-0.4, -0.2) is 16.6 Å². The lowest BCUT2D eigenvalue weighted by molar-refractivity contribution is 0.0665. The fourth-order valence-electron chi connectivity index (χ4n) is 1.99. The molecule has 0 aliphatic heterocycles. The van der Waals surface area contributed by atoms with Gasteiger partial charge in [0.05, 0.1) is 0 Å². The van der Waals surface area contributed by atoms with Gasteiger partial charge in [-0.2, -0.15) is 0 Å². The Morgan fingerprint density at radius 1 is 1.44 bits per heavy atom. The topological polar surface area (TPSA) is 62.5 Å². The zero-order valence-corrected chi connectivity index (χ0v) is 10.2. The molecule has 1 heterocycles. The largest absolute Gasteiger partial charge is 0.475 e. The van der Waals surface area contributed by atoms with Crippen LogP contribution in [0.5, 0.6) is 0 Å². The first-order valence-corrected chi connectivity index (χ1v) is 6.07. The van der Waals surface area contributed by atoms with E-state index in [0.29, 0.717) is 11.1 Å². The molecule has 2 N–H and O–H groups in total. The molecular formula is C14H15NO3. The zero-order valence-electron chi connectivity index (χ0n) is 10.2. The molecule has 0 bridgehead atoms. The maximum absolute atomic E-state index is 10.8. The van der Waals surface area contributed by atoms with Crippen LogP contribution < -0.4 is 5.32 Å². The lowest BCUT2D eigenvalue weighted by atomic mass is 10.1. The molecule has 0 atom stereocenters. The molecule has 1 fully saturated rings.